The summed E-state index contributed by atoms with van der Waals surface area (Å²) in [5.41, 5.74) is 7.97. The van der Waals surface area contributed by atoms with Gasteiger partial charge in [0.2, 0.25) is 0 Å². The van der Waals surface area contributed by atoms with Gasteiger partial charge in [0.05, 0.1) is 12.3 Å². The van der Waals surface area contributed by atoms with E-state index in [9.17, 15) is 0 Å². The molecule has 0 saturated carbocycles. The zero-order chi connectivity index (χ0) is 13.4. The second-order valence-corrected chi connectivity index (χ2v) is 4.71. The zero-order valence-electron chi connectivity index (χ0n) is 11.9. The van der Waals surface area contributed by atoms with Gasteiger partial charge in [-0.15, -0.1) is 0 Å². The van der Waals surface area contributed by atoms with E-state index in [1.807, 2.05) is 19.1 Å². The number of anilines is 1. The van der Waals surface area contributed by atoms with Crippen LogP contribution in [0.4, 0.5) is 5.69 Å². The first-order valence-electron chi connectivity index (χ1n) is 6.87. The van der Waals surface area contributed by atoms with Crippen molar-refractivity contribution < 1.29 is 4.74 Å². The molecule has 1 aromatic rings. The van der Waals surface area contributed by atoms with E-state index in [0.717, 1.165) is 24.4 Å². The molecule has 0 heterocycles. The summed E-state index contributed by atoms with van der Waals surface area (Å²) in [6, 6.07) is 6.11. The van der Waals surface area contributed by atoms with Crippen LogP contribution in [0.5, 0.6) is 5.75 Å². The largest absolute Gasteiger partial charge is 0.492 e. The molecule has 0 atom stereocenters. The predicted octanol–water partition coefficient (Wildman–Crippen LogP) is 2.94. The molecule has 0 aliphatic carbocycles. The van der Waals surface area contributed by atoms with Gasteiger partial charge in [0, 0.05) is 6.54 Å². The highest BCUT2D eigenvalue weighted by Crippen LogP contribution is 2.22. The Morgan fingerprint density at radius 3 is 2.61 bits per heavy atom. The van der Waals surface area contributed by atoms with Gasteiger partial charge in [-0.25, -0.2) is 0 Å². The minimum Gasteiger partial charge on any atom is -0.492 e. The van der Waals surface area contributed by atoms with Gasteiger partial charge in [0.25, 0.3) is 0 Å². The molecule has 0 bridgehead atoms. The summed E-state index contributed by atoms with van der Waals surface area (Å²) in [6.45, 7) is 7.09. The van der Waals surface area contributed by atoms with E-state index in [-0.39, 0.29) is 0 Å². The molecule has 0 saturated heterocycles. The third-order valence-corrected chi connectivity index (χ3v) is 3.05. The Morgan fingerprint density at radius 1 is 1.22 bits per heavy atom. The molecule has 3 heteroatoms. The highest BCUT2D eigenvalue weighted by Gasteiger charge is 2.03. The lowest BCUT2D eigenvalue weighted by molar-refractivity contribution is 0.331. The van der Waals surface area contributed by atoms with Crippen LogP contribution in [0, 0.1) is 0 Å². The third-order valence-electron chi connectivity index (χ3n) is 3.05. The van der Waals surface area contributed by atoms with E-state index in [1.54, 1.807) is 0 Å². The van der Waals surface area contributed by atoms with E-state index in [1.165, 1.54) is 24.9 Å². The summed E-state index contributed by atoms with van der Waals surface area (Å²) < 4.78 is 5.43. The molecule has 102 valence electrons. The number of hydrogen-bond acceptors (Lipinski definition) is 3. The lowest BCUT2D eigenvalue weighted by Gasteiger charge is -2.16. The van der Waals surface area contributed by atoms with Crippen LogP contribution in [0.3, 0.4) is 0 Å². The summed E-state index contributed by atoms with van der Waals surface area (Å²) in [7, 11) is 2.17. The first-order valence-corrected chi connectivity index (χ1v) is 6.87. The number of benzene rings is 1. The first kappa shape index (κ1) is 14.8. The van der Waals surface area contributed by atoms with Crippen molar-refractivity contribution in [3.63, 3.8) is 0 Å². The minimum absolute atomic E-state index is 0.656. The molecular formula is C15H26N2O. The maximum atomic E-state index is 5.96. The van der Waals surface area contributed by atoms with Crippen LogP contribution in [-0.2, 0) is 6.42 Å². The van der Waals surface area contributed by atoms with E-state index >= 15 is 0 Å². The summed E-state index contributed by atoms with van der Waals surface area (Å²) in [6.07, 6.45) is 3.55. The van der Waals surface area contributed by atoms with Gasteiger partial charge in [-0.3, -0.25) is 0 Å². The molecule has 1 aromatic carbocycles. The van der Waals surface area contributed by atoms with Crippen molar-refractivity contribution >= 4 is 5.69 Å². The first-order chi connectivity index (χ1) is 8.67. The third kappa shape index (κ3) is 4.96. The zero-order valence-corrected chi connectivity index (χ0v) is 11.9. The Bertz CT molecular complexity index is 352. The van der Waals surface area contributed by atoms with Crippen LogP contribution in [0.25, 0.3) is 0 Å². The van der Waals surface area contributed by atoms with Gasteiger partial charge >= 0.3 is 0 Å². The van der Waals surface area contributed by atoms with Crippen molar-refractivity contribution in [3.05, 3.63) is 23.8 Å². The fourth-order valence-electron chi connectivity index (χ4n) is 1.90. The average Bonchev–Trinajstić information content (AvgIpc) is 2.37. The molecule has 0 aromatic heterocycles. The monoisotopic (exact) mass is 250 g/mol. The van der Waals surface area contributed by atoms with E-state index in [2.05, 4.69) is 24.9 Å². The molecule has 0 radical (unpaired) electrons. The topological polar surface area (TPSA) is 38.5 Å². The second kappa shape index (κ2) is 7.98. The summed E-state index contributed by atoms with van der Waals surface area (Å²) in [5.74, 6) is 0.792. The average molecular weight is 250 g/mol. The Balaban J connectivity index is 2.45. The van der Waals surface area contributed by atoms with Crippen LogP contribution >= 0.6 is 0 Å². The van der Waals surface area contributed by atoms with E-state index in [4.69, 9.17) is 10.5 Å². The van der Waals surface area contributed by atoms with Gasteiger partial charge in [-0.2, -0.15) is 0 Å². The Kier molecular flexibility index (Phi) is 6.58. The maximum Gasteiger partial charge on any atom is 0.142 e. The lowest BCUT2D eigenvalue weighted by atomic mass is 10.1. The normalized spacial score (nSPS) is 10.9. The Morgan fingerprint density at radius 2 is 2.00 bits per heavy atom. The Hall–Kier alpha value is -1.22. The van der Waals surface area contributed by atoms with Crippen LogP contribution in [0.2, 0.25) is 0 Å². The standard InChI is InChI=1S/C15H26N2O/c1-4-6-10-17(3)11-9-13-7-8-15(18-5-2)14(16)12-13/h7-8,12H,4-6,9-11,16H2,1-3H3. The number of nitrogens with zero attached hydrogens (tertiary/aromatic N) is 1. The molecule has 0 amide bonds. The summed E-state index contributed by atoms with van der Waals surface area (Å²) in [4.78, 5) is 2.37. The van der Waals surface area contributed by atoms with Gasteiger partial charge < -0.3 is 15.4 Å². The lowest BCUT2D eigenvalue weighted by Crippen LogP contribution is -2.22. The smallest absolute Gasteiger partial charge is 0.142 e. The van der Waals surface area contributed by atoms with Gasteiger partial charge in [0.15, 0.2) is 0 Å². The molecule has 3 nitrogen and oxygen atoms in total. The maximum absolute atomic E-state index is 5.96. The SMILES string of the molecule is CCCCN(C)CCc1ccc(OCC)c(N)c1. The van der Waals surface area contributed by atoms with Crippen molar-refractivity contribution in [3.8, 4) is 5.75 Å². The number of ether oxygens (including phenoxy) is 1. The quantitative estimate of drug-likeness (QED) is 0.721. The van der Waals surface area contributed by atoms with Crippen molar-refractivity contribution in [1.29, 1.82) is 0 Å². The minimum atomic E-state index is 0.656. The molecule has 0 aliphatic heterocycles. The fraction of sp³-hybridized carbons (Fsp3) is 0.600. The van der Waals surface area contributed by atoms with Crippen LogP contribution < -0.4 is 10.5 Å². The highest BCUT2D eigenvalue weighted by atomic mass is 16.5. The molecule has 0 fully saturated rings. The number of unbranched alkanes of at least 4 members (excludes halogenated alkanes) is 1. The molecule has 0 unspecified atom stereocenters. The fourth-order valence-corrected chi connectivity index (χ4v) is 1.90. The van der Waals surface area contributed by atoms with Gasteiger partial charge in [-0.1, -0.05) is 19.4 Å². The molecule has 0 aliphatic rings. The number of nitrogens with two attached hydrogens (primary N) is 1. The molecule has 2 N–H and O–H groups in total. The second-order valence-electron chi connectivity index (χ2n) is 4.71. The molecule has 18 heavy (non-hydrogen) atoms. The number of rotatable bonds is 8. The van der Waals surface area contributed by atoms with Crippen molar-refractivity contribution in [1.82, 2.24) is 4.90 Å². The highest BCUT2D eigenvalue weighted by molar-refractivity contribution is 5.54. The van der Waals surface area contributed by atoms with Crippen molar-refractivity contribution in [2.45, 2.75) is 33.1 Å². The molecule has 1 rings (SSSR count). The van der Waals surface area contributed by atoms with Crippen LogP contribution in [0.1, 0.15) is 32.3 Å². The molecular weight excluding hydrogens is 224 g/mol. The summed E-state index contributed by atoms with van der Waals surface area (Å²) >= 11 is 0. The number of hydrogen-bond donors (Lipinski definition) is 1. The summed E-state index contributed by atoms with van der Waals surface area (Å²) in [5, 5.41) is 0. The van der Waals surface area contributed by atoms with Crippen LogP contribution in [-0.4, -0.2) is 31.6 Å². The van der Waals surface area contributed by atoms with Gasteiger partial charge in [0.1, 0.15) is 5.75 Å². The van der Waals surface area contributed by atoms with Crippen LogP contribution in [0.15, 0.2) is 18.2 Å². The van der Waals surface area contributed by atoms with E-state index < -0.39 is 0 Å². The van der Waals surface area contributed by atoms with Crippen molar-refractivity contribution in [2.24, 2.45) is 0 Å². The Labute approximate surface area is 111 Å². The number of likely N-dealkylation sites (N-methyl/N-ethyl adjacent to an activating group) is 1. The van der Waals surface area contributed by atoms with Gasteiger partial charge in [-0.05, 0) is 51.1 Å². The number of nitrogen functional groups attached to an aromatic ring is 1. The van der Waals surface area contributed by atoms with E-state index in [0.29, 0.717) is 6.61 Å². The molecule has 0 spiro atoms. The van der Waals surface area contributed by atoms with Crippen molar-refractivity contribution in [2.75, 3.05) is 32.5 Å². The predicted molar refractivity (Wildman–Crippen MR) is 78.1 cm³/mol.